The number of likely N-dealkylation sites (N-methyl/N-ethyl adjacent to an activating group) is 1. The molecule has 24 heavy (non-hydrogen) atoms. The van der Waals surface area contributed by atoms with Crippen molar-refractivity contribution in [2.75, 3.05) is 11.4 Å². The molecule has 1 aromatic carbocycles. The zero-order valence-electron chi connectivity index (χ0n) is 12.7. The number of nitrogens with zero attached hydrogens (tertiary/aromatic N) is 2. The first-order chi connectivity index (χ1) is 11.2. The number of aromatic nitrogens is 1. The van der Waals surface area contributed by atoms with Gasteiger partial charge in [-0.1, -0.05) is 0 Å². The van der Waals surface area contributed by atoms with Crippen LogP contribution in [0.4, 0.5) is 23.2 Å². The normalized spacial score (nSPS) is 11.4. The lowest BCUT2D eigenvalue weighted by molar-refractivity contribution is -0.139. The highest BCUT2D eigenvalue weighted by molar-refractivity contribution is 5.93. The van der Waals surface area contributed by atoms with Crippen LogP contribution in [0.15, 0.2) is 47.4 Å². The SMILES string of the molecule is CCN(C(=O)Cn1cccc(C(F)(F)F)c1=O)c1ccc(F)cc1. The number of pyridine rings is 1. The highest BCUT2D eigenvalue weighted by Gasteiger charge is 2.34. The molecule has 8 heteroatoms. The molecule has 0 spiro atoms. The van der Waals surface area contributed by atoms with E-state index in [0.29, 0.717) is 16.3 Å². The Bertz CT molecular complexity index is 782. The Morgan fingerprint density at radius 1 is 1.17 bits per heavy atom. The van der Waals surface area contributed by atoms with Gasteiger partial charge in [0.2, 0.25) is 5.91 Å². The fourth-order valence-electron chi connectivity index (χ4n) is 2.23. The minimum absolute atomic E-state index is 0.220. The number of carbonyl (C=O) groups is 1. The van der Waals surface area contributed by atoms with Crippen molar-refractivity contribution in [3.05, 3.63) is 64.3 Å². The molecule has 0 N–H and O–H groups in total. The molecule has 0 saturated carbocycles. The summed E-state index contributed by atoms with van der Waals surface area (Å²) in [6.07, 6.45) is -3.67. The summed E-state index contributed by atoms with van der Waals surface area (Å²) in [6, 6.07) is 6.83. The number of alkyl halides is 3. The first-order valence-electron chi connectivity index (χ1n) is 7.06. The summed E-state index contributed by atoms with van der Waals surface area (Å²) in [6.45, 7) is 1.34. The van der Waals surface area contributed by atoms with Crippen LogP contribution in [-0.2, 0) is 17.5 Å². The molecule has 4 nitrogen and oxygen atoms in total. The van der Waals surface area contributed by atoms with E-state index in [9.17, 15) is 27.2 Å². The number of hydrogen-bond acceptors (Lipinski definition) is 2. The molecule has 0 unspecified atom stereocenters. The number of hydrogen-bond donors (Lipinski definition) is 0. The van der Waals surface area contributed by atoms with E-state index in [1.807, 2.05) is 0 Å². The van der Waals surface area contributed by atoms with Crippen LogP contribution in [0.5, 0.6) is 0 Å². The van der Waals surface area contributed by atoms with Crippen molar-refractivity contribution in [2.45, 2.75) is 19.6 Å². The fourth-order valence-corrected chi connectivity index (χ4v) is 2.23. The molecule has 0 aliphatic rings. The van der Waals surface area contributed by atoms with Crippen LogP contribution in [0.3, 0.4) is 0 Å². The molecule has 0 radical (unpaired) electrons. The summed E-state index contributed by atoms with van der Waals surface area (Å²) >= 11 is 0. The van der Waals surface area contributed by atoms with E-state index >= 15 is 0 Å². The molecule has 0 bridgehead atoms. The van der Waals surface area contributed by atoms with Crippen molar-refractivity contribution < 1.29 is 22.4 Å². The van der Waals surface area contributed by atoms with Crippen molar-refractivity contribution >= 4 is 11.6 Å². The number of rotatable bonds is 4. The molecular weight excluding hydrogens is 328 g/mol. The summed E-state index contributed by atoms with van der Waals surface area (Å²) in [4.78, 5) is 25.5. The van der Waals surface area contributed by atoms with Gasteiger partial charge >= 0.3 is 6.18 Å². The van der Waals surface area contributed by atoms with Gasteiger partial charge in [-0.2, -0.15) is 13.2 Å². The topological polar surface area (TPSA) is 42.3 Å². The summed E-state index contributed by atoms with van der Waals surface area (Å²) in [5.41, 5.74) is -2.22. The maximum Gasteiger partial charge on any atom is 0.421 e. The maximum atomic E-state index is 13.0. The predicted octanol–water partition coefficient (Wildman–Crippen LogP) is 3.06. The summed E-state index contributed by atoms with van der Waals surface area (Å²) < 4.78 is 51.9. The minimum Gasteiger partial charge on any atom is -0.311 e. The third-order valence-electron chi connectivity index (χ3n) is 3.39. The first kappa shape index (κ1) is 17.7. The van der Waals surface area contributed by atoms with E-state index < -0.39 is 35.6 Å². The Morgan fingerprint density at radius 2 is 1.79 bits per heavy atom. The third-order valence-corrected chi connectivity index (χ3v) is 3.39. The molecule has 0 aliphatic heterocycles. The van der Waals surface area contributed by atoms with Gasteiger partial charge in [0.1, 0.15) is 17.9 Å². The van der Waals surface area contributed by atoms with E-state index in [0.717, 1.165) is 12.3 Å². The zero-order valence-corrected chi connectivity index (χ0v) is 12.7. The predicted molar refractivity (Wildman–Crippen MR) is 80.1 cm³/mol. The van der Waals surface area contributed by atoms with Gasteiger partial charge in [-0.3, -0.25) is 9.59 Å². The quantitative estimate of drug-likeness (QED) is 0.802. The lowest BCUT2D eigenvalue weighted by Crippen LogP contribution is -2.37. The molecule has 1 aromatic heterocycles. The standard InChI is InChI=1S/C16H14F4N2O2/c1-2-22(12-7-5-11(17)6-8-12)14(23)10-21-9-3-4-13(15(21)24)16(18,19)20/h3-9H,2,10H2,1H3. The lowest BCUT2D eigenvalue weighted by Gasteiger charge is -2.21. The monoisotopic (exact) mass is 342 g/mol. The molecule has 128 valence electrons. The maximum absolute atomic E-state index is 13.0. The van der Waals surface area contributed by atoms with Gasteiger partial charge in [0, 0.05) is 18.4 Å². The molecule has 1 amide bonds. The van der Waals surface area contributed by atoms with Crippen LogP contribution in [0.1, 0.15) is 12.5 Å². The Kier molecular flexibility index (Phi) is 5.06. The average molecular weight is 342 g/mol. The number of halogens is 4. The Hall–Kier alpha value is -2.64. The van der Waals surface area contributed by atoms with Gasteiger partial charge in [-0.25, -0.2) is 4.39 Å². The Morgan fingerprint density at radius 3 is 2.33 bits per heavy atom. The fraction of sp³-hybridized carbons (Fsp3) is 0.250. The van der Waals surface area contributed by atoms with Crippen molar-refractivity contribution in [1.82, 2.24) is 4.57 Å². The molecular formula is C16H14F4N2O2. The molecule has 2 rings (SSSR count). The molecule has 1 heterocycles. The van der Waals surface area contributed by atoms with Gasteiger partial charge in [-0.05, 0) is 43.3 Å². The highest BCUT2D eigenvalue weighted by atomic mass is 19.4. The molecule has 0 atom stereocenters. The van der Waals surface area contributed by atoms with Crippen LogP contribution in [0.25, 0.3) is 0 Å². The van der Waals surface area contributed by atoms with E-state index in [1.54, 1.807) is 6.92 Å². The molecule has 0 fully saturated rings. The van der Waals surface area contributed by atoms with Gasteiger partial charge in [-0.15, -0.1) is 0 Å². The molecule has 0 saturated heterocycles. The highest BCUT2D eigenvalue weighted by Crippen LogP contribution is 2.26. The van der Waals surface area contributed by atoms with Crippen LogP contribution in [0.2, 0.25) is 0 Å². The van der Waals surface area contributed by atoms with Crippen molar-refractivity contribution in [1.29, 1.82) is 0 Å². The van der Waals surface area contributed by atoms with Crippen LogP contribution >= 0.6 is 0 Å². The van der Waals surface area contributed by atoms with Gasteiger partial charge < -0.3 is 9.47 Å². The summed E-state index contributed by atoms with van der Waals surface area (Å²) in [5, 5.41) is 0. The zero-order chi connectivity index (χ0) is 17.9. The van der Waals surface area contributed by atoms with Crippen LogP contribution in [-0.4, -0.2) is 17.0 Å². The largest absolute Gasteiger partial charge is 0.421 e. The lowest BCUT2D eigenvalue weighted by atomic mass is 10.2. The summed E-state index contributed by atoms with van der Waals surface area (Å²) in [7, 11) is 0. The molecule has 0 aliphatic carbocycles. The number of carbonyl (C=O) groups excluding carboxylic acids is 1. The minimum atomic E-state index is -4.79. The van der Waals surface area contributed by atoms with Gasteiger partial charge in [0.05, 0.1) is 0 Å². The van der Waals surface area contributed by atoms with E-state index in [-0.39, 0.29) is 6.54 Å². The third kappa shape index (κ3) is 3.81. The molecule has 2 aromatic rings. The van der Waals surface area contributed by atoms with Crippen LogP contribution in [0, 0.1) is 5.82 Å². The number of anilines is 1. The van der Waals surface area contributed by atoms with Crippen molar-refractivity contribution in [3.63, 3.8) is 0 Å². The van der Waals surface area contributed by atoms with Gasteiger partial charge in [0.15, 0.2) is 0 Å². The number of benzene rings is 1. The van der Waals surface area contributed by atoms with E-state index in [4.69, 9.17) is 0 Å². The summed E-state index contributed by atoms with van der Waals surface area (Å²) in [5.74, 6) is -1.05. The smallest absolute Gasteiger partial charge is 0.311 e. The second-order valence-electron chi connectivity index (χ2n) is 4.97. The Labute approximate surface area is 134 Å². The van der Waals surface area contributed by atoms with Crippen molar-refractivity contribution in [3.8, 4) is 0 Å². The number of amides is 1. The first-order valence-corrected chi connectivity index (χ1v) is 7.06. The van der Waals surface area contributed by atoms with E-state index in [2.05, 4.69) is 0 Å². The Balaban J connectivity index is 2.28. The average Bonchev–Trinajstić information content (AvgIpc) is 2.51. The van der Waals surface area contributed by atoms with Gasteiger partial charge in [0.25, 0.3) is 5.56 Å². The second kappa shape index (κ2) is 6.86. The second-order valence-corrected chi connectivity index (χ2v) is 4.97. The van der Waals surface area contributed by atoms with Crippen LogP contribution < -0.4 is 10.5 Å². The van der Waals surface area contributed by atoms with Crippen molar-refractivity contribution in [2.24, 2.45) is 0 Å². The van der Waals surface area contributed by atoms with E-state index in [1.165, 1.54) is 29.2 Å².